The minimum Gasteiger partial charge on any atom is -0.392 e. The Labute approximate surface area is 155 Å². The number of aromatic nitrogens is 1. The van der Waals surface area contributed by atoms with E-state index in [4.69, 9.17) is 0 Å². The number of nitrogens with zero attached hydrogens (tertiary/aromatic N) is 1. The molecule has 0 spiro atoms. The highest BCUT2D eigenvalue weighted by Gasteiger charge is 2.22. The summed E-state index contributed by atoms with van der Waals surface area (Å²) >= 11 is 0. The fourth-order valence-electron chi connectivity index (χ4n) is 2.48. The molecule has 27 heavy (non-hydrogen) atoms. The largest absolute Gasteiger partial charge is 0.392 e. The molecular weight excluding hydrogens is 372 g/mol. The Morgan fingerprint density at radius 3 is 2.41 bits per heavy atom. The SMILES string of the molecule is O=S(=O)(c1ccc(/C=C/c2ccc(F)cc2F)cc1)c1ncccc1CO. The van der Waals surface area contributed by atoms with Crippen molar-refractivity contribution in [2.24, 2.45) is 0 Å². The van der Waals surface area contributed by atoms with Crippen LogP contribution in [0.25, 0.3) is 12.2 Å². The standard InChI is InChI=1S/C20H15F2NO3S/c21-17-8-7-15(19(22)12-17)6-3-14-4-9-18(10-5-14)27(25,26)20-16(13-24)2-1-11-23-20/h1-12,24H,13H2/b6-3+. The molecule has 2 aromatic carbocycles. The molecule has 1 aromatic heterocycles. The second-order valence-electron chi connectivity index (χ2n) is 5.70. The zero-order valence-electron chi connectivity index (χ0n) is 14.0. The second kappa shape index (κ2) is 7.77. The summed E-state index contributed by atoms with van der Waals surface area (Å²) in [6, 6.07) is 12.3. The summed E-state index contributed by atoms with van der Waals surface area (Å²) in [5, 5.41) is 9.13. The quantitative estimate of drug-likeness (QED) is 0.675. The van der Waals surface area contributed by atoms with E-state index in [1.165, 1.54) is 36.5 Å². The molecule has 0 amide bonds. The van der Waals surface area contributed by atoms with Crippen molar-refractivity contribution in [2.75, 3.05) is 0 Å². The van der Waals surface area contributed by atoms with Crippen molar-refractivity contribution in [3.05, 3.63) is 89.1 Å². The van der Waals surface area contributed by atoms with Gasteiger partial charge in [0.2, 0.25) is 9.84 Å². The predicted octanol–water partition coefficient (Wildman–Crippen LogP) is 3.86. The molecule has 7 heteroatoms. The zero-order chi connectivity index (χ0) is 19.4. The van der Waals surface area contributed by atoms with Crippen LogP contribution in [0.2, 0.25) is 0 Å². The molecular formula is C20H15F2NO3S. The first-order valence-electron chi connectivity index (χ1n) is 7.95. The van der Waals surface area contributed by atoms with Crippen LogP contribution in [0, 0.1) is 11.6 Å². The number of aliphatic hydroxyl groups is 1. The summed E-state index contributed by atoms with van der Waals surface area (Å²) in [7, 11) is -3.87. The molecule has 138 valence electrons. The van der Waals surface area contributed by atoms with Crippen LogP contribution in [-0.2, 0) is 16.4 Å². The molecule has 0 radical (unpaired) electrons. The van der Waals surface area contributed by atoms with Gasteiger partial charge in [0.25, 0.3) is 0 Å². The topological polar surface area (TPSA) is 67.3 Å². The lowest BCUT2D eigenvalue weighted by atomic mass is 10.1. The lowest BCUT2D eigenvalue weighted by Crippen LogP contribution is -2.08. The Hall–Kier alpha value is -2.90. The fourth-order valence-corrected chi connectivity index (χ4v) is 3.87. The second-order valence-corrected chi connectivity index (χ2v) is 7.56. The maximum absolute atomic E-state index is 13.6. The smallest absolute Gasteiger partial charge is 0.224 e. The molecule has 0 saturated heterocycles. The Balaban J connectivity index is 1.88. The van der Waals surface area contributed by atoms with Crippen LogP contribution in [0.5, 0.6) is 0 Å². The molecule has 4 nitrogen and oxygen atoms in total. The first kappa shape index (κ1) is 18.9. The van der Waals surface area contributed by atoms with Crippen LogP contribution < -0.4 is 0 Å². The van der Waals surface area contributed by atoms with E-state index in [9.17, 15) is 22.3 Å². The summed E-state index contributed by atoms with van der Waals surface area (Å²) in [4.78, 5) is 3.91. The molecule has 3 rings (SSSR count). The van der Waals surface area contributed by atoms with E-state index in [1.807, 2.05) is 0 Å². The lowest BCUT2D eigenvalue weighted by molar-refractivity contribution is 0.277. The van der Waals surface area contributed by atoms with Gasteiger partial charge in [0.1, 0.15) is 11.6 Å². The summed E-state index contributed by atoms with van der Waals surface area (Å²) in [5.74, 6) is -1.34. The number of hydrogen-bond acceptors (Lipinski definition) is 4. The molecule has 0 aliphatic heterocycles. The lowest BCUT2D eigenvalue weighted by Gasteiger charge is -2.08. The minimum absolute atomic E-state index is 0.0287. The zero-order valence-corrected chi connectivity index (χ0v) is 14.8. The number of sulfone groups is 1. The van der Waals surface area contributed by atoms with Crippen molar-refractivity contribution in [3.63, 3.8) is 0 Å². The molecule has 0 unspecified atom stereocenters. The maximum atomic E-state index is 13.6. The van der Waals surface area contributed by atoms with Crippen LogP contribution in [0.1, 0.15) is 16.7 Å². The van der Waals surface area contributed by atoms with Gasteiger partial charge in [0, 0.05) is 23.4 Å². The highest BCUT2D eigenvalue weighted by molar-refractivity contribution is 7.91. The summed E-state index contributed by atoms with van der Waals surface area (Å²) in [5.41, 5.74) is 1.07. The molecule has 1 heterocycles. The third-order valence-electron chi connectivity index (χ3n) is 3.88. The molecule has 3 aromatic rings. The average Bonchev–Trinajstić information content (AvgIpc) is 2.67. The van der Waals surface area contributed by atoms with Crippen LogP contribution in [-0.4, -0.2) is 18.5 Å². The normalized spacial score (nSPS) is 11.8. The molecule has 0 atom stereocenters. The van der Waals surface area contributed by atoms with Crippen LogP contribution >= 0.6 is 0 Å². The molecule has 1 N–H and O–H groups in total. The Morgan fingerprint density at radius 1 is 1.00 bits per heavy atom. The van der Waals surface area contributed by atoms with Crippen molar-refractivity contribution in [1.29, 1.82) is 0 Å². The van der Waals surface area contributed by atoms with Crippen molar-refractivity contribution in [1.82, 2.24) is 4.98 Å². The van der Waals surface area contributed by atoms with E-state index in [-0.39, 0.29) is 21.0 Å². The van der Waals surface area contributed by atoms with Gasteiger partial charge in [-0.05, 0) is 35.9 Å². The molecule has 0 saturated carbocycles. The first-order chi connectivity index (χ1) is 12.9. The first-order valence-corrected chi connectivity index (χ1v) is 9.43. The summed E-state index contributed by atoms with van der Waals surface area (Å²) in [6.45, 7) is -0.438. The Kier molecular flexibility index (Phi) is 5.43. The number of halogens is 2. The number of hydrogen-bond donors (Lipinski definition) is 1. The van der Waals surface area contributed by atoms with Gasteiger partial charge in [-0.1, -0.05) is 30.4 Å². The van der Waals surface area contributed by atoms with E-state index in [1.54, 1.807) is 24.3 Å². The van der Waals surface area contributed by atoms with Crippen molar-refractivity contribution in [2.45, 2.75) is 16.5 Å². The van der Waals surface area contributed by atoms with E-state index in [0.717, 1.165) is 12.1 Å². The monoisotopic (exact) mass is 387 g/mol. The third-order valence-corrected chi connectivity index (χ3v) is 5.65. The van der Waals surface area contributed by atoms with E-state index in [0.29, 0.717) is 5.56 Å². The summed E-state index contributed by atoms with van der Waals surface area (Å²) < 4.78 is 52.0. The van der Waals surface area contributed by atoms with Gasteiger partial charge in [-0.2, -0.15) is 0 Å². The van der Waals surface area contributed by atoms with Gasteiger partial charge in [-0.25, -0.2) is 22.2 Å². The van der Waals surface area contributed by atoms with Crippen molar-refractivity contribution < 1.29 is 22.3 Å². The highest BCUT2D eigenvalue weighted by atomic mass is 32.2. The minimum atomic E-state index is -3.87. The van der Waals surface area contributed by atoms with Gasteiger partial charge in [-0.15, -0.1) is 0 Å². The number of benzene rings is 2. The van der Waals surface area contributed by atoms with Gasteiger partial charge in [0.05, 0.1) is 11.5 Å². The van der Waals surface area contributed by atoms with Gasteiger partial charge < -0.3 is 5.11 Å². The molecule has 0 aliphatic carbocycles. The van der Waals surface area contributed by atoms with Gasteiger partial charge in [0.15, 0.2) is 5.03 Å². The summed E-state index contributed by atoms with van der Waals surface area (Å²) in [6.07, 6.45) is 4.41. The maximum Gasteiger partial charge on any atom is 0.224 e. The number of rotatable bonds is 5. The van der Waals surface area contributed by atoms with Crippen molar-refractivity contribution in [3.8, 4) is 0 Å². The van der Waals surface area contributed by atoms with Crippen LogP contribution in [0.15, 0.2) is 70.7 Å². The van der Waals surface area contributed by atoms with Crippen molar-refractivity contribution >= 4 is 22.0 Å². The molecule has 0 fully saturated rings. The molecule has 0 aliphatic rings. The highest BCUT2D eigenvalue weighted by Crippen LogP contribution is 2.23. The average molecular weight is 387 g/mol. The van der Waals surface area contributed by atoms with E-state index >= 15 is 0 Å². The Morgan fingerprint density at radius 2 is 1.74 bits per heavy atom. The van der Waals surface area contributed by atoms with Gasteiger partial charge in [-0.3, -0.25) is 0 Å². The predicted molar refractivity (Wildman–Crippen MR) is 97.3 cm³/mol. The van der Waals surface area contributed by atoms with Crippen LogP contribution in [0.4, 0.5) is 8.78 Å². The Bertz CT molecular complexity index is 1090. The van der Waals surface area contributed by atoms with Crippen LogP contribution in [0.3, 0.4) is 0 Å². The van der Waals surface area contributed by atoms with E-state index < -0.39 is 28.1 Å². The number of aliphatic hydroxyl groups excluding tert-OH is 1. The third kappa shape index (κ3) is 4.10. The van der Waals surface area contributed by atoms with Gasteiger partial charge >= 0.3 is 0 Å². The molecule has 0 bridgehead atoms. The fraction of sp³-hybridized carbons (Fsp3) is 0.0500. The number of pyridine rings is 1. The van der Waals surface area contributed by atoms with E-state index in [2.05, 4.69) is 4.98 Å².